The number of para-hydroxylation sites is 1. The van der Waals surface area contributed by atoms with Crippen LogP contribution in [0, 0.1) is 0 Å². The Balaban J connectivity index is 1.65. The van der Waals surface area contributed by atoms with Gasteiger partial charge in [0.05, 0.1) is 16.8 Å². The highest BCUT2D eigenvalue weighted by molar-refractivity contribution is 7.22. The molecule has 0 aliphatic carbocycles. The molecular weight excluding hydrogens is 348 g/mol. The van der Waals surface area contributed by atoms with Gasteiger partial charge in [-0.25, -0.2) is 4.98 Å². The molecule has 0 radical (unpaired) electrons. The van der Waals surface area contributed by atoms with Crippen LogP contribution in [-0.4, -0.2) is 65.9 Å². The standard InChI is InChI=1S/C19H26N4O2S/c1-3-17(24)22-11-7-10-21(12-13-22)14-18(25)23(4-2)19-20-15-8-5-6-9-16(15)26-19/h5-6,8-9H,3-4,7,10-14H2,1-2H3. The van der Waals surface area contributed by atoms with Gasteiger partial charge in [0.25, 0.3) is 0 Å². The Morgan fingerprint density at radius 3 is 2.69 bits per heavy atom. The molecule has 1 aromatic heterocycles. The molecule has 140 valence electrons. The lowest BCUT2D eigenvalue weighted by Crippen LogP contribution is -2.42. The van der Waals surface area contributed by atoms with Crippen LogP contribution in [0.2, 0.25) is 0 Å². The minimum absolute atomic E-state index is 0.0711. The molecule has 1 aliphatic heterocycles. The fourth-order valence-electron chi connectivity index (χ4n) is 3.27. The summed E-state index contributed by atoms with van der Waals surface area (Å²) in [5.74, 6) is 0.268. The van der Waals surface area contributed by atoms with E-state index in [1.165, 1.54) is 0 Å². The van der Waals surface area contributed by atoms with Crippen LogP contribution in [0.4, 0.5) is 5.13 Å². The molecule has 6 nitrogen and oxygen atoms in total. The van der Waals surface area contributed by atoms with Gasteiger partial charge in [-0.15, -0.1) is 0 Å². The molecule has 2 aromatic rings. The second-order valence-electron chi connectivity index (χ2n) is 6.47. The highest BCUT2D eigenvalue weighted by atomic mass is 32.1. The van der Waals surface area contributed by atoms with Crippen LogP contribution in [0.3, 0.4) is 0 Å². The Labute approximate surface area is 158 Å². The van der Waals surface area contributed by atoms with Crippen molar-refractivity contribution in [2.75, 3.05) is 44.2 Å². The third-order valence-corrected chi connectivity index (χ3v) is 5.79. The Bertz CT molecular complexity index is 743. The molecule has 0 atom stereocenters. The average Bonchev–Trinajstić information content (AvgIpc) is 2.93. The minimum Gasteiger partial charge on any atom is -0.341 e. The number of nitrogens with zero attached hydrogens (tertiary/aromatic N) is 4. The lowest BCUT2D eigenvalue weighted by atomic mass is 10.3. The number of carbonyl (C=O) groups excluding carboxylic acids is 2. The molecular formula is C19H26N4O2S. The molecule has 0 unspecified atom stereocenters. The summed E-state index contributed by atoms with van der Waals surface area (Å²) in [5.41, 5.74) is 0.933. The monoisotopic (exact) mass is 374 g/mol. The van der Waals surface area contributed by atoms with E-state index in [-0.39, 0.29) is 11.8 Å². The highest BCUT2D eigenvalue weighted by Gasteiger charge is 2.23. The van der Waals surface area contributed by atoms with Crippen molar-refractivity contribution in [2.24, 2.45) is 0 Å². The second-order valence-corrected chi connectivity index (χ2v) is 7.48. The SMILES string of the molecule is CCC(=O)N1CCCN(CC(=O)N(CC)c2nc3ccccc3s2)CC1. The summed E-state index contributed by atoms with van der Waals surface area (Å²) in [7, 11) is 0. The number of benzene rings is 1. The number of hydrogen-bond acceptors (Lipinski definition) is 5. The van der Waals surface area contributed by atoms with Gasteiger partial charge >= 0.3 is 0 Å². The number of carbonyl (C=O) groups is 2. The summed E-state index contributed by atoms with van der Waals surface area (Å²) >= 11 is 1.55. The van der Waals surface area contributed by atoms with Crippen LogP contribution in [0.1, 0.15) is 26.7 Å². The van der Waals surface area contributed by atoms with Crippen LogP contribution in [0.15, 0.2) is 24.3 Å². The molecule has 7 heteroatoms. The molecule has 1 aliphatic rings. The third kappa shape index (κ3) is 4.22. The normalized spacial score (nSPS) is 15.8. The van der Waals surface area contributed by atoms with Gasteiger partial charge in [-0.3, -0.25) is 19.4 Å². The van der Waals surface area contributed by atoms with Crippen molar-refractivity contribution in [3.8, 4) is 0 Å². The van der Waals surface area contributed by atoms with Crippen LogP contribution < -0.4 is 4.90 Å². The summed E-state index contributed by atoms with van der Waals surface area (Å²) in [6.07, 6.45) is 1.45. The van der Waals surface area contributed by atoms with Gasteiger partial charge in [-0.1, -0.05) is 30.4 Å². The quantitative estimate of drug-likeness (QED) is 0.807. The van der Waals surface area contributed by atoms with Crippen molar-refractivity contribution in [3.05, 3.63) is 24.3 Å². The average molecular weight is 375 g/mol. The van der Waals surface area contributed by atoms with E-state index in [0.717, 1.165) is 41.4 Å². The highest BCUT2D eigenvalue weighted by Crippen LogP contribution is 2.28. The number of anilines is 1. The number of rotatable bonds is 5. The first-order valence-electron chi connectivity index (χ1n) is 9.28. The zero-order valence-electron chi connectivity index (χ0n) is 15.5. The maximum absolute atomic E-state index is 12.9. The lowest BCUT2D eigenvalue weighted by Gasteiger charge is -2.24. The first kappa shape index (κ1) is 18.8. The molecule has 0 bridgehead atoms. The number of likely N-dealkylation sites (N-methyl/N-ethyl adjacent to an activating group) is 1. The molecule has 1 saturated heterocycles. The predicted molar refractivity (Wildman–Crippen MR) is 106 cm³/mol. The van der Waals surface area contributed by atoms with Gasteiger partial charge in [-0.05, 0) is 25.5 Å². The van der Waals surface area contributed by atoms with E-state index in [1.807, 2.05) is 43.0 Å². The molecule has 3 rings (SSSR count). The van der Waals surface area contributed by atoms with Crippen LogP contribution >= 0.6 is 11.3 Å². The number of thiazole rings is 1. The lowest BCUT2D eigenvalue weighted by molar-refractivity contribution is -0.130. The minimum atomic E-state index is 0.0711. The van der Waals surface area contributed by atoms with E-state index in [4.69, 9.17) is 0 Å². The van der Waals surface area contributed by atoms with Gasteiger partial charge in [0.2, 0.25) is 11.8 Å². The van der Waals surface area contributed by atoms with Gasteiger partial charge in [0.1, 0.15) is 0 Å². The fourth-order valence-corrected chi connectivity index (χ4v) is 4.32. The van der Waals surface area contributed by atoms with E-state index < -0.39 is 0 Å². The van der Waals surface area contributed by atoms with E-state index in [9.17, 15) is 9.59 Å². The van der Waals surface area contributed by atoms with E-state index in [1.54, 1.807) is 16.2 Å². The van der Waals surface area contributed by atoms with Crippen molar-refractivity contribution in [1.29, 1.82) is 0 Å². The maximum atomic E-state index is 12.9. The van der Waals surface area contributed by atoms with E-state index >= 15 is 0 Å². The first-order chi connectivity index (χ1) is 12.6. The smallest absolute Gasteiger partial charge is 0.242 e. The Kier molecular flexibility index (Phi) is 6.21. The molecule has 0 spiro atoms. The number of aromatic nitrogens is 1. The zero-order chi connectivity index (χ0) is 18.5. The van der Waals surface area contributed by atoms with E-state index in [2.05, 4.69) is 9.88 Å². The van der Waals surface area contributed by atoms with Crippen molar-refractivity contribution >= 4 is 38.5 Å². The number of amides is 2. The Morgan fingerprint density at radius 1 is 1.15 bits per heavy atom. The van der Waals surface area contributed by atoms with Crippen molar-refractivity contribution in [1.82, 2.24) is 14.8 Å². The van der Waals surface area contributed by atoms with Gasteiger partial charge < -0.3 is 4.90 Å². The molecule has 2 amide bonds. The largest absolute Gasteiger partial charge is 0.341 e. The molecule has 2 heterocycles. The van der Waals surface area contributed by atoms with Crippen LogP contribution in [0.5, 0.6) is 0 Å². The summed E-state index contributed by atoms with van der Waals surface area (Å²) < 4.78 is 1.09. The molecule has 0 N–H and O–H groups in total. The van der Waals surface area contributed by atoms with Gasteiger partial charge in [0.15, 0.2) is 5.13 Å². The van der Waals surface area contributed by atoms with Crippen molar-refractivity contribution in [3.63, 3.8) is 0 Å². The summed E-state index contributed by atoms with van der Waals surface area (Å²) in [5, 5.41) is 0.760. The second kappa shape index (κ2) is 8.60. The maximum Gasteiger partial charge on any atom is 0.242 e. The fraction of sp³-hybridized carbons (Fsp3) is 0.526. The number of hydrogen-bond donors (Lipinski definition) is 0. The topological polar surface area (TPSA) is 56.8 Å². The van der Waals surface area contributed by atoms with Crippen molar-refractivity contribution < 1.29 is 9.59 Å². The summed E-state index contributed by atoms with van der Waals surface area (Å²) in [6, 6.07) is 7.96. The van der Waals surface area contributed by atoms with Crippen molar-refractivity contribution in [2.45, 2.75) is 26.7 Å². The first-order valence-corrected chi connectivity index (χ1v) is 10.1. The molecule has 1 aromatic carbocycles. The van der Waals surface area contributed by atoms with Gasteiger partial charge in [0, 0.05) is 39.1 Å². The number of fused-ring (bicyclic) bond motifs is 1. The predicted octanol–water partition coefficient (Wildman–Crippen LogP) is 2.59. The third-order valence-electron chi connectivity index (χ3n) is 4.73. The van der Waals surface area contributed by atoms with E-state index in [0.29, 0.717) is 26.1 Å². The molecule has 1 fully saturated rings. The Hall–Kier alpha value is -1.99. The van der Waals surface area contributed by atoms with Crippen LogP contribution in [0.25, 0.3) is 10.2 Å². The Morgan fingerprint density at radius 2 is 1.96 bits per heavy atom. The summed E-state index contributed by atoms with van der Waals surface area (Å²) in [4.78, 5) is 35.2. The van der Waals surface area contributed by atoms with Crippen LogP contribution in [-0.2, 0) is 9.59 Å². The van der Waals surface area contributed by atoms with Gasteiger partial charge in [-0.2, -0.15) is 0 Å². The zero-order valence-corrected chi connectivity index (χ0v) is 16.3. The summed E-state index contributed by atoms with van der Waals surface area (Å²) in [6.45, 7) is 7.93. The molecule has 0 saturated carbocycles. The molecule has 26 heavy (non-hydrogen) atoms.